The summed E-state index contributed by atoms with van der Waals surface area (Å²) in [6.45, 7) is 1.72. The second-order valence-electron chi connectivity index (χ2n) is 5.21. The summed E-state index contributed by atoms with van der Waals surface area (Å²) in [7, 11) is 0. The number of rotatable bonds is 4. The van der Waals surface area contributed by atoms with Gasteiger partial charge in [-0.3, -0.25) is 9.89 Å². The molecule has 2 heterocycles. The van der Waals surface area contributed by atoms with Gasteiger partial charge in [0.25, 0.3) is 0 Å². The number of aromatic nitrogens is 3. The van der Waals surface area contributed by atoms with Gasteiger partial charge in [0.2, 0.25) is 11.1 Å². The van der Waals surface area contributed by atoms with Crippen molar-refractivity contribution in [1.29, 1.82) is 0 Å². The SMILES string of the molecule is O=C(CSc1n[nH]c(-c2ccccc2O)n1)N1CCCCC1. The maximum atomic E-state index is 12.1. The van der Waals surface area contributed by atoms with Crippen LogP contribution in [0.3, 0.4) is 0 Å². The molecule has 0 unspecified atom stereocenters. The molecule has 1 aliphatic heterocycles. The Morgan fingerprint density at radius 3 is 2.82 bits per heavy atom. The van der Waals surface area contributed by atoms with E-state index in [4.69, 9.17) is 0 Å². The van der Waals surface area contributed by atoms with Crippen LogP contribution in [0.25, 0.3) is 11.4 Å². The number of aromatic amines is 1. The van der Waals surface area contributed by atoms with Crippen molar-refractivity contribution in [3.63, 3.8) is 0 Å². The monoisotopic (exact) mass is 318 g/mol. The van der Waals surface area contributed by atoms with Crippen LogP contribution >= 0.6 is 11.8 Å². The van der Waals surface area contributed by atoms with Crippen molar-refractivity contribution in [2.45, 2.75) is 24.4 Å². The zero-order valence-corrected chi connectivity index (χ0v) is 13.0. The molecule has 1 aliphatic rings. The second-order valence-corrected chi connectivity index (χ2v) is 6.16. The van der Waals surface area contributed by atoms with Gasteiger partial charge in [-0.05, 0) is 31.4 Å². The lowest BCUT2D eigenvalue weighted by Gasteiger charge is -2.26. The van der Waals surface area contributed by atoms with Crippen molar-refractivity contribution in [2.75, 3.05) is 18.8 Å². The number of likely N-dealkylation sites (tertiary alicyclic amines) is 1. The summed E-state index contributed by atoms with van der Waals surface area (Å²) in [4.78, 5) is 18.3. The van der Waals surface area contributed by atoms with Gasteiger partial charge in [0.1, 0.15) is 5.75 Å². The maximum absolute atomic E-state index is 12.1. The van der Waals surface area contributed by atoms with Crippen LogP contribution in [0.2, 0.25) is 0 Å². The quantitative estimate of drug-likeness (QED) is 0.845. The molecule has 0 bridgehead atoms. The fraction of sp³-hybridized carbons (Fsp3) is 0.400. The lowest BCUT2D eigenvalue weighted by Crippen LogP contribution is -2.36. The molecule has 0 spiro atoms. The van der Waals surface area contributed by atoms with Gasteiger partial charge in [-0.1, -0.05) is 23.9 Å². The third-order valence-corrected chi connectivity index (χ3v) is 4.49. The Balaban J connectivity index is 1.60. The standard InChI is InChI=1S/C15H18N4O2S/c20-12-7-3-2-6-11(12)14-16-15(18-17-14)22-10-13(21)19-8-4-1-5-9-19/h2-3,6-7,20H,1,4-5,8-10H2,(H,16,17,18). The van der Waals surface area contributed by atoms with Gasteiger partial charge in [0, 0.05) is 13.1 Å². The van der Waals surface area contributed by atoms with Crippen LogP contribution < -0.4 is 0 Å². The van der Waals surface area contributed by atoms with E-state index in [1.54, 1.807) is 18.2 Å². The molecular formula is C15H18N4O2S. The summed E-state index contributed by atoms with van der Waals surface area (Å²) in [5, 5.41) is 17.2. The molecule has 0 radical (unpaired) electrons. The largest absolute Gasteiger partial charge is 0.507 e. The highest BCUT2D eigenvalue weighted by atomic mass is 32.2. The third-order valence-electron chi connectivity index (χ3n) is 3.66. The highest BCUT2D eigenvalue weighted by molar-refractivity contribution is 7.99. The maximum Gasteiger partial charge on any atom is 0.233 e. The van der Waals surface area contributed by atoms with Gasteiger partial charge in [0.05, 0.1) is 11.3 Å². The molecule has 3 rings (SSSR count). The number of carbonyl (C=O) groups is 1. The molecule has 0 saturated carbocycles. The zero-order valence-electron chi connectivity index (χ0n) is 12.2. The van der Waals surface area contributed by atoms with Gasteiger partial charge < -0.3 is 10.0 Å². The minimum absolute atomic E-state index is 0.138. The molecule has 1 aromatic carbocycles. The van der Waals surface area contributed by atoms with Crippen LogP contribution in [-0.2, 0) is 4.79 Å². The number of nitrogens with zero attached hydrogens (tertiary/aromatic N) is 3. The van der Waals surface area contributed by atoms with Crippen molar-refractivity contribution in [3.05, 3.63) is 24.3 Å². The Morgan fingerprint density at radius 2 is 2.05 bits per heavy atom. The first-order valence-corrected chi connectivity index (χ1v) is 8.34. The van der Waals surface area contributed by atoms with Crippen molar-refractivity contribution >= 4 is 17.7 Å². The zero-order chi connectivity index (χ0) is 15.4. The van der Waals surface area contributed by atoms with E-state index >= 15 is 0 Å². The Hall–Kier alpha value is -2.02. The van der Waals surface area contributed by atoms with E-state index in [1.807, 2.05) is 11.0 Å². The number of H-pyrrole nitrogens is 1. The molecule has 2 aromatic rings. The van der Waals surface area contributed by atoms with Crippen molar-refractivity contribution < 1.29 is 9.90 Å². The molecule has 1 saturated heterocycles. The average Bonchev–Trinajstić information content (AvgIpc) is 3.02. The van der Waals surface area contributed by atoms with Crippen LogP contribution in [0, 0.1) is 0 Å². The fourth-order valence-electron chi connectivity index (χ4n) is 2.47. The van der Waals surface area contributed by atoms with E-state index in [2.05, 4.69) is 15.2 Å². The van der Waals surface area contributed by atoms with E-state index in [0.717, 1.165) is 25.9 Å². The predicted octanol–water partition coefficient (Wildman–Crippen LogP) is 2.28. The van der Waals surface area contributed by atoms with E-state index in [1.165, 1.54) is 18.2 Å². The number of benzene rings is 1. The molecule has 2 N–H and O–H groups in total. The summed E-state index contributed by atoms with van der Waals surface area (Å²) in [5.41, 5.74) is 0.601. The Kier molecular flexibility index (Phi) is 4.62. The molecule has 7 heteroatoms. The summed E-state index contributed by atoms with van der Waals surface area (Å²) in [6.07, 6.45) is 3.39. The summed E-state index contributed by atoms with van der Waals surface area (Å²) >= 11 is 1.32. The van der Waals surface area contributed by atoms with E-state index in [-0.39, 0.29) is 11.7 Å². The number of amides is 1. The third kappa shape index (κ3) is 3.41. The highest BCUT2D eigenvalue weighted by Gasteiger charge is 2.17. The molecule has 0 atom stereocenters. The predicted molar refractivity (Wildman–Crippen MR) is 84.6 cm³/mol. The number of piperidine rings is 1. The van der Waals surface area contributed by atoms with E-state index in [0.29, 0.717) is 22.3 Å². The van der Waals surface area contributed by atoms with Gasteiger partial charge in [-0.25, -0.2) is 4.98 Å². The number of carbonyl (C=O) groups excluding carboxylic acids is 1. The smallest absolute Gasteiger partial charge is 0.233 e. The first kappa shape index (κ1) is 14.9. The Labute approximate surface area is 132 Å². The number of nitrogens with one attached hydrogen (secondary N) is 1. The van der Waals surface area contributed by atoms with Gasteiger partial charge in [0.15, 0.2) is 5.82 Å². The molecule has 1 amide bonds. The first-order valence-electron chi connectivity index (χ1n) is 7.35. The highest BCUT2D eigenvalue weighted by Crippen LogP contribution is 2.27. The van der Waals surface area contributed by atoms with Crippen LogP contribution in [0.15, 0.2) is 29.4 Å². The van der Waals surface area contributed by atoms with Crippen molar-refractivity contribution in [1.82, 2.24) is 20.1 Å². The van der Waals surface area contributed by atoms with Crippen LogP contribution in [0.1, 0.15) is 19.3 Å². The molecule has 22 heavy (non-hydrogen) atoms. The van der Waals surface area contributed by atoms with Gasteiger partial charge in [-0.15, -0.1) is 5.10 Å². The normalized spacial score (nSPS) is 15.0. The van der Waals surface area contributed by atoms with Crippen LogP contribution in [0.4, 0.5) is 0 Å². The second kappa shape index (κ2) is 6.83. The van der Waals surface area contributed by atoms with Crippen molar-refractivity contribution in [3.8, 4) is 17.1 Å². The van der Waals surface area contributed by atoms with E-state index < -0.39 is 0 Å². The average molecular weight is 318 g/mol. The number of aromatic hydroxyl groups is 1. The lowest BCUT2D eigenvalue weighted by molar-refractivity contribution is -0.129. The molecule has 1 fully saturated rings. The first-order chi connectivity index (χ1) is 10.7. The topological polar surface area (TPSA) is 82.1 Å². The summed E-state index contributed by atoms with van der Waals surface area (Å²) in [6, 6.07) is 6.94. The number of phenolic OH excluding ortho intramolecular Hbond substituents is 1. The number of hydrogen-bond donors (Lipinski definition) is 2. The molecule has 1 aromatic heterocycles. The molecule has 0 aliphatic carbocycles. The number of phenols is 1. The molecule has 116 valence electrons. The number of thioether (sulfide) groups is 1. The Morgan fingerprint density at radius 1 is 1.27 bits per heavy atom. The van der Waals surface area contributed by atoms with Crippen molar-refractivity contribution in [2.24, 2.45) is 0 Å². The van der Waals surface area contributed by atoms with Crippen LogP contribution in [0.5, 0.6) is 5.75 Å². The fourth-order valence-corrected chi connectivity index (χ4v) is 3.17. The molecule has 6 nitrogen and oxygen atoms in total. The van der Waals surface area contributed by atoms with Crippen LogP contribution in [-0.4, -0.2) is 49.9 Å². The van der Waals surface area contributed by atoms with E-state index in [9.17, 15) is 9.90 Å². The number of para-hydroxylation sites is 1. The summed E-state index contributed by atoms with van der Waals surface area (Å²) in [5.74, 6) is 1.14. The Bertz CT molecular complexity index is 652. The number of hydrogen-bond acceptors (Lipinski definition) is 5. The van der Waals surface area contributed by atoms with Gasteiger partial charge in [-0.2, -0.15) is 0 Å². The van der Waals surface area contributed by atoms with Gasteiger partial charge >= 0.3 is 0 Å². The molecular weight excluding hydrogens is 300 g/mol. The summed E-state index contributed by atoms with van der Waals surface area (Å²) < 4.78 is 0. The minimum atomic E-state index is 0.138. The lowest BCUT2D eigenvalue weighted by atomic mass is 10.1. The minimum Gasteiger partial charge on any atom is -0.507 e.